The normalized spacial score (nSPS) is 11.3. The molecular weight excluding hydrogens is 284 g/mol. The van der Waals surface area contributed by atoms with Gasteiger partial charge in [0.15, 0.2) is 5.78 Å². The monoisotopic (exact) mass is 292 g/mol. The second-order valence-electron chi connectivity index (χ2n) is 2.97. The Bertz CT molecular complexity index is 450. The van der Waals surface area contributed by atoms with E-state index in [0.29, 0.717) is 5.56 Å². The van der Waals surface area contributed by atoms with Gasteiger partial charge in [0.05, 0.1) is 5.75 Å². The average molecular weight is 293 g/mol. The summed E-state index contributed by atoms with van der Waals surface area (Å²) >= 11 is 3.22. The van der Waals surface area contributed by atoms with Crippen LogP contribution < -0.4 is 0 Å². The molecule has 0 unspecified atom stereocenters. The summed E-state index contributed by atoms with van der Waals surface area (Å²) in [5.41, 5.74) is 0.432. The smallest absolute Gasteiger partial charge is 0.265 e. The maximum Gasteiger partial charge on any atom is 0.265 e. The molecule has 0 aliphatic heterocycles. The van der Waals surface area contributed by atoms with Crippen molar-refractivity contribution in [3.8, 4) is 0 Å². The van der Waals surface area contributed by atoms with Crippen molar-refractivity contribution in [1.82, 2.24) is 0 Å². The molecule has 0 spiro atoms. The van der Waals surface area contributed by atoms with Crippen LogP contribution in [0.25, 0.3) is 0 Å². The van der Waals surface area contributed by atoms with Gasteiger partial charge in [-0.2, -0.15) is 8.42 Å². The Morgan fingerprint density at radius 2 is 1.80 bits per heavy atom. The summed E-state index contributed by atoms with van der Waals surface area (Å²) in [7, 11) is -4.07. The van der Waals surface area contributed by atoms with E-state index in [2.05, 4.69) is 15.9 Å². The van der Waals surface area contributed by atoms with Crippen LogP contribution in [-0.2, 0) is 10.1 Å². The highest BCUT2D eigenvalue weighted by Gasteiger charge is 2.11. The van der Waals surface area contributed by atoms with Crippen LogP contribution in [0.1, 0.15) is 16.8 Å². The molecule has 0 amide bonds. The van der Waals surface area contributed by atoms with E-state index in [1.807, 2.05) is 0 Å². The Kier molecular flexibility index (Phi) is 4.01. The molecule has 0 aliphatic carbocycles. The van der Waals surface area contributed by atoms with Crippen LogP contribution in [-0.4, -0.2) is 24.5 Å². The van der Waals surface area contributed by atoms with Gasteiger partial charge in [-0.25, -0.2) is 0 Å². The number of benzene rings is 1. The van der Waals surface area contributed by atoms with E-state index in [-0.39, 0.29) is 12.2 Å². The third-order valence-corrected chi connectivity index (χ3v) is 3.00. The fraction of sp³-hybridized carbons (Fsp3) is 0.222. The lowest BCUT2D eigenvalue weighted by Crippen LogP contribution is -2.09. The molecule has 0 heterocycles. The molecule has 0 bridgehead atoms. The van der Waals surface area contributed by atoms with E-state index in [0.717, 1.165) is 4.47 Å². The van der Waals surface area contributed by atoms with Gasteiger partial charge in [-0.1, -0.05) is 28.1 Å². The van der Waals surface area contributed by atoms with E-state index < -0.39 is 15.9 Å². The Morgan fingerprint density at radius 1 is 1.27 bits per heavy atom. The molecule has 0 fully saturated rings. The first-order valence-electron chi connectivity index (χ1n) is 4.12. The molecule has 82 valence electrons. The zero-order valence-corrected chi connectivity index (χ0v) is 10.1. The molecule has 0 aromatic heterocycles. The van der Waals surface area contributed by atoms with E-state index >= 15 is 0 Å². The molecule has 1 aromatic carbocycles. The Balaban J connectivity index is 2.66. The highest BCUT2D eigenvalue weighted by atomic mass is 79.9. The van der Waals surface area contributed by atoms with Gasteiger partial charge in [-0.15, -0.1) is 0 Å². The number of halogens is 1. The standard InChI is InChI=1S/C9H9BrO4S/c10-8-3-1-7(2-4-8)9(11)5-6-15(12,13)14/h1-4H,5-6H2,(H,12,13,14). The van der Waals surface area contributed by atoms with Gasteiger partial charge in [0, 0.05) is 16.5 Å². The Morgan fingerprint density at radius 3 is 2.27 bits per heavy atom. The summed E-state index contributed by atoms with van der Waals surface area (Å²) < 4.78 is 30.1. The number of hydrogen-bond acceptors (Lipinski definition) is 3. The van der Waals surface area contributed by atoms with Crippen LogP contribution in [0, 0.1) is 0 Å². The summed E-state index contributed by atoms with van der Waals surface area (Å²) in [6.07, 6.45) is -0.208. The van der Waals surface area contributed by atoms with E-state index in [1.165, 1.54) is 0 Å². The second kappa shape index (κ2) is 4.87. The molecule has 6 heteroatoms. The molecule has 1 aromatic rings. The Hall–Kier alpha value is -0.720. The average Bonchev–Trinajstić information content (AvgIpc) is 2.14. The van der Waals surface area contributed by atoms with E-state index in [9.17, 15) is 13.2 Å². The third-order valence-electron chi connectivity index (χ3n) is 1.75. The first-order valence-corrected chi connectivity index (χ1v) is 6.52. The summed E-state index contributed by atoms with van der Waals surface area (Å²) in [6, 6.07) is 6.58. The molecule has 0 saturated carbocycles. The van der Waals surface area contributed by atoms with Crippen LogP contribution in [0.3, 0.4) is 0 Å². The van der Waals surface area contributed by atoms with Gasteiger partial charge in [0.2, 0.25) is 0 Å². The zero-order chi connectivity index (χ0) is 11.5. The van der Waals surface area contributed by atoms with Gasteiger partial charge in [-0.05, 0) is 12.1 Å². The second-order valence-corrected chi connectivity index (χ2v) is 5.45. The van der Waals surface area contributed by atoms with Gasteiger partial charge in [0.1, 0.15) is 0 Å². The van der Waals surface area contributed by atoms with Crippen molar-refractivity contribution in [2.24, 2.45) is 0 Å². The topological polar surface area (TPSA) is 71.4 Å². The highest BCUT2D eigenvalue weighted by Crippen LogP contribution is 2.12. The number of ketones is 1. The van der Waals surface area contributed by atoms with Crippen molar-refractivity contribution < 1.29 is 17.8 Å². The molecule has 15 heavy (non-hydrogen) atoms. The first-order chi connectivity index (χ1) is 6.88. The van der Waals surface area contributed by atoms with Crippen LogP contribution in [0.15, 0.2) is 28.7 Å². The van der Waals surface area contributed by atoms with Crippen molar-refractivity contribution in [3.05, 3.63) is 34.3 Å². The Labute approximate surface area is 96.2 Å². The fourth-order valence-corrected chi connectivity index (χ4v) is 1.71. The highest BCUT2D eigenvalue weighted by molar-refractivity contribution is 9.10. The summed E-state index contributed by atoms with van der Waals surface area (Å²) in [6.45, 7) is 0. The summed E-state index contributed by atoms with van der Waals surface area (Å²) in [5, 5.41) is 0. The number of carbonyl (C=O) groups is 1. The minimum absolute atomic E-state index is 0.208. The van der Waals surface area contributed by atoms with Gasteiger partial charge >= 0.3 is 0 Å². The maximum absolute atomic E-state index is 11.4. The minimum atomic E-state index is -4.07. The molecule has 1 rings (SSSR count). The van der Waals surface area contributed by atoms with Crippen LogP contribution in [0.4, 0.5) is 0 Å². The van der Waals surface area contributed by atoms with Crippen molar-refractivity contribution >= 4 is 31.8 Å². The lowest BCUT2D eigenvalue weighted by atomic mass is 10.1. The third kappa shape index (κ3) is 4.55. The predicted octanol–water partition coefficient (Wildman–Crippen LogP) is 1.91. The molecule has 4 nitrogen and oxygen atoms in total. The van der Waals surface area contributed by atoms with Crippen molar-refractivity contribution in [2.45, 2.75) is 6.42 Å². The fourth-order valence-electron chi connectivity index (χ4n) is 1.00. The molecule has 0 saturated heterocycles. The molecular formula is C9H9BrO4S. The summed E-state index contributed by atoms with van der Waals surface area (Å²) in [4.78, 5) is 11.4. The minimum Gasteiger partial charge on any atom is -0.294 e. The lowest BCUT2D eigenvalue weighted by molar-refractivity contribution is 0.0988. The van der Waals surface area contributed by atoms with Gasteiger partial charge < -0.3 is 0 Å². The molecule has 0 aliphatic rings. The van der Waals surface area contributed by atoms with Crippen LogP contribution in [0.2, 0.25) is 0 Å². The van der Waals surface area contributed by atoms with Crippen molar-refractivity contribution in [3.63, 3.8) is 0 Å². The van der Waals surface area contributed by atoms with Crippen molar-refractivity contribution in [1.29, 1.82) is 0 Å². The van der Waals surface area contributed by atoms with Crippen LogP contribution in [0.5, 0.6) is 0 Å². The quantitative estimate of drug-likeness (QED) is 0.680. The molecule has 1 N–H and O–H groups in total. The SMILES string of the molecule is O=C(CCS(=O)(=O)O)c1ccc(Br)cc1. The van der Waals surface area contributed by atoms with E-state index in [1.54, 1.807) is 24.3 Å². The maximum atomic E-state index is 11.4. The van der Waals surface area contributed by atoms with Crippen molar-refractivity contribution in [2.75, 3.05) is 5.75 Å². The largest absolute Gasteiger partial charge is 0.294 e. The number of hydrogen-bond donors (Lipinski definition) is 1. The summed E-state index contributed by atoms with van der Waals surface area (Å²) in [5.74, 6) is -0.845. The molecule has 0 atom stereocenters. The number of rotatable bonds is 4. The van der Waals surface area contributed by atoms with E-state index in [4.69, 9.17) is 4.55 Å². The number of Topliss-reactive ketones (excluding diaryl/α,β-unsaturated/α-hetero) is 1. The van der Waals surface area contributed by atoms with Gasteiger partial charge in [-0.3, -0.25) is 9.35 Å². The van der Waals surface area contributed by atoms with Gasteiger partial charge in [0.25, 0.3) is 10.1 Å². The molecule has 0 radical (unpaired) electrons. The predicted molar refractivity (Wildman–Crippen MR) is 59.5 cm³/mol. The number of carbonyl (C=O) groups excluding carboxylic acids is 1. The first kappa shape index (κ1) is 12.4. The lowest BCUT2D eigenvalue weighted by Gasteiger charge is -1.99. The zero-order valence-electron chi connectivity index (χ0n) is 7.68. The van der Waals surface area contributed by atoms with Crippen LogP contribution >= 0.6 is 15.9 Å².